The summed E-state index contributed by atoms with van der Waals surface area (Å²) in [6.07, 6.45) is 0.662. The van der Waals surface area contributed by atoms with E-state index in [0.29, 0.717) is 41.6 Å². The zero-order valence-electron chi connectivity index (χ0n) is 14.2. The minimum atomic E-state index is -0.172. The molecule has 2 rings (SSSR count). The normalized spacial score (nSPS) is 10.9. The van der Waals surface area contributed by atoms with E-state index in [0.717, 1.165) is 5.56 Å². The summed E-state index contributed by atoms with van der Waals surface area (Å²) in [5.74, 6) is 1.11. The van der Waals surface area contributed by atoms with Crippen molar-refractivity contribution < 1.29 is 13.9 Å². The maximum Gasteiger partial charge on any atom is 0.163 e. The predicted octanol–water partition coefficient (Wildman–Crippen LogP) is 4.61. The number of hydrogen-bond donors (Lipinski definition) is 1. The summed E-state index contributed by atoms with van der Waals surface area (Å²) in [6.45, 7) is 5.13. The van der Waals surface area contributed by atoms with Crippen molar-refractivity contribution in [3.63, 3.8) is 0 Å². The van der Waals surface area contributed by atoms with E-state index in [1.54, 1.807) is 25.3 Å². The molecule has 0 spiro atoms. The van der Waals surface area contributed by atoms with Crippen LogP contribution in [0.5, 0.6) is 11.5 Å². The van der Waals surface area contributed by atoms with Crippen LogP contribution in [0, 0.1) is 5.82 Å². The van der Waals surface area contributed by atoms with Gasteiger partial charge in [0, 0.05) is 17.6 Å². The van der Waals surface area contributed by atoms with E-state index >= 15 is 0 Å². The Kier molecular flexibility index (Phi) is 6.88. The van der Waals surface area contributed by atoms with E-state index in [-0.39, 0.29) is 11.9 Å². The Bertz CT molecular complexity index is 676. The molecule has 0 bridgehead atoms. The summed E-state index contributed by atoms with van der Waals surface area (Å²) in [5.41, 5.74) is 1.62. The highest BCUT2D eigenvalue weighted by Crippen LogP contribution is 2.34. The third kappa shape index (κ3) is 5.11. The van der Waals surface area contributed by atoms with Gasteiger partial charge < -0.3 is 14.8 Å². The number of nitrogens with one attached hydrogen (secondary N) is 1. The Morgan fingerprint density at radius 2 is 1.88 bits per heavy atom. The van der Waals surface area contributed by atoms with Gasteiger partial charge in [0.25, 0.3) is 0 Å². The molecule has 0 amide bonds. The van der Waals surface area contributed by atoms with Crippen LogP contribution >= 0.6 is 11.6 Å². The van der Waals surface area contributed by atoms with Gasteiger partial charge in [-0.05, 0) is 50.1 Å². The SMILES string of the molecule is COc1cc(CNCCc2ccccc2F)c(Cl)cc1OC(C)C. The molecule has 0 aliphatic rings. The average Bonchev–Trinajstić information content (AvgIpc) is 2.54. The van der Waals surface area contributed by atoms with Crippen LogP contribution in [0.1, 0.15) is 25.0 Å². The van der Waals surface area contributed by atoms with Crippen LogP contribution in [-0.2, 0) is 13.0 Å². The van der Waals surface area contributed by atoms with Gasteiger partial charge in [-0.3, -0.25) is 0 Å². The lowest BCUT2D eigenvalue weighted by atomic mass is 10.1. The van der Waals surface area contributed by atoms with Gasteiger partial charge in [0.1, 0.15) is 5.82 Å². The summed E-state index contributed by atoms with van der Waals surface area (Å²) in [5, 5.41) is 3.90. The first-order chi connectivity index (χ1) is 11.5. The van der Waals surface area contributed by atoms with Crippen molar-refractivity contribution in [2.45, 2.75) is 32.9 Å². The summed E-state index contributed by atoms with van der Waals surface area (Å²) >= 11 is 6.33. The van der Waals surface area contributed by atoms with Gasteiger partial charge in [-0.1, -0.05) is 29.8 Å². The second-order valence-electron chi connectivity index (χ2n) is 5.78. The Morgan fingerprint density at radius 1 is 1.12 bits per heavy atom. The molecule has 0 heterocycles. The number of halogens is 2. The molecule has 1 N–H and O–H groups in total. The fourth-order valence-corrected chi connectivity index (χ4v) is 2.59. The fraction of sp³-hybridized carbons (Fsp3) is 0.368. The van der Waals surface area contributed by atoms with Crippen LogP contribution in [0.4, 0.5) is 4.39 Å². The summed E-state index contributed by atoms with van der Waals surface area (Å²) in [6, 6.07) is 10.5. The topological polar surface area (TPSA) is 30.5 Å². The van der Waals surface area contributed by atoms with Crippen molar-refractivity contribution in [1.29, 1.82) is 0 Å². The lowest BCUT2D eigenvalue weighted by Crippen LogP contribution is -2.17. The number of ether oxygens (including phenoxy) is 2. The molecule has 0 saturated heterocycles. The molecule has 24 heavy (non-hydrogen) atoms. The van der Waals surface area contributed by atoms with Crippen LogP contribution in [0.15, 0.2) is 36.4 Å². The van der Waals surface area contributed by atoms with Crippen LogP contribution in [0.25, 0.3) is 0 Å². The second kappa shape index (κ2) is 8.90. The number of hydrogen-bond acceptors (Lipinski definition) is 3. The standard InChI is InChI=1S/C19H23ClFNO2/c1-13(2)24-19-11-16(20)15(10-18(19)23-3)12-22-9-8-14-6-4-5-7-17(14)21/h4-7,10-11,13,22H,8-9,12H2,1-3H3. The highest BCUT2D eigenvalue weighted by molar-refractivity contribution is 6.31. The highest BCUT2D eigenvalue weighted by atomic mass is 35.5. The van der Waals surface area contributed by atoms with E-state index in [9.17, 15) is 4.39 Å². The Hall–Kier alpha value is -1.78. The molecule has 0 aliphatic heterocycles. The summed E-state index contributed by atoms with van der Waals surface area (Å²) in [7, 11) is 1.60. The molecule has 3 nitrogen and oxygen atoms in total. The molecular formula is C19H23ClFNO2. The maximum atomic E-state index is 13.6. The first-order valence-electron chi connectivity index (χ1n) is 7.98. The molecule has 0 atom stereocenters. The van der Waals surface area contributed by atoms with E-state index in [1.807, 2.05) is 26.0 Å². The lowest BCUT2D eigenvalue weighted by molar-refractivity contribution is 0.230. The fourth-order valence-electron chi connectivity index (χ4n) is 2.37. The zero-order valence-corrected chi connectivity index (χ0v) is 15.0. The largest absolute Gasteiger partial charge is 0.493 e. The van der Waals surface area contributed by atoms with Gasteiger partial charge >= 0.3 is 0 Å². The number of rotatable bonds is 8. The average molecular weight is 352 g/mol. The van der Waals surface area contributed by atoms with Crippen molar-refractivity contribution in [2.75, 3.05) is 13.7 Å². The second-order valence-corrected chi connectivity index (χ2v) is 6.19. The van der Waals surface area contributed by atoms with Crippen molar-refractivity contribution >= 4 is 11.6 Å². The first-order valence-corrected chi connectivity index (χ1v) is 8.36. The van der Waals surface area contributed by atoms with Gasteiger partial charge in [-0.2, -0.15) is 0 Å². The molecule has 0 radical (unpaired) electrons. The third-order valence-electron chi connectivity index (χ3n) is 3.54. The van der Waals surface area contributed by atoms with Crippen LogP contribution < -0.4 is 14.8 Å². The van der Waals surface area contributed by atoms with Crippen LogP contribution in [0.3, 0.4) is 0 Å². The summed E-state index contributed by atoms with van der Waals surface area (Å²) in [4.78, 5) is 0. The smallest absolute Gasteiger partial charge is 0.163 e. The minimum Gasteiger partial charge on any atom is -0.493 e. The number of methoxy groups -OCH3 is 1. The molecular weight excluding hydrogens is 329 g/mol. The Balaban J connectivity index is 1.96. The minimum absolute atomic E-state index is 0.0414. The molecule has 5 heteroatoms. The molecule has 0 saturated carbocycles. The molecule has 0 aliphatic carbocycles. The van der Waals surface area contributed by atoms with Gasteiger partial charge in [0.2, 0.25) is 0 Å². The van der Waals surface area contributed by atoms with Gasteiger partial charge in [-0.25, -0.2) is 4.39 Å². The molecule has 2 aromatic rings. The van der Waals surface area contributed by atoms with E-state index in [4.69, 9.17) is 21.1 Å². The monoisotopic (exact) mass is 351 g/mol. The quantitative estimate of drug-likeness (QED) is 0.705. The van der Waals surface area contributed by atoms with Crippen LogP contribution in [0.2, 0.25) is 5.02 Å². The van der Waals surface area contributed by atoms with Crippen molar-refractivity contribution in [3.8, 4) is 11.5 Å². The maximum absolute atomic E-state index is 13.6. The zero-order chi connectivity index (χ0) is 17.5. The first kappa shape index (κ1) is 18.6. The van der Waals surface area contributed by atoms with Gasteiger partial charge in [-0.15, -0.1) is 0 Å². The van der Waals surface area contributed by atoms with Crippen LogP contribution in [-0.4, -0.2) is 19.8 Å². The lowest BCUT2D eigenvalue weighted by Gasteiger charge is -2.16. The van der Waals surface area contributed by atoms with Gasteiger partial charge in [0.05, 0.1) is 13.2 Å². The van der Waals surface area contributed by atoms with Crippen molar-refractivity contribution in [1.82, 2.24) is 5.32 Å². The molecule has 0 unspecified atom stereocenters. The van der Waals surface area contributed by atoms with E-state index in [1.165, 1.54) is 6.07 Å². The van der Waals surface area contributed by atoms with E-state index in [2.05, 4.69) is 5.32 Å². The molecule has 0 fully saturated rings. The third-order valence-corrected chi connectivity index (χ3v) is 3.89. The molecule has 130 valence electrons. The van der Waals surface area contributed by atoms with E-state index < -0.39 is 0 Å². The van der Waals surface area contributed by atoms with Crippen molar-refractivity contribution in [2.24, 2.45) is 0 Å². The Labute approximate surface area is 147 Å². The Morgan fingerprint density at radius 3 is 2.54 bits per heavy atom. The predicted molar refractivity (Wildman–Crippen MR) is 95.6 cm³/mol. The van der Waals surface area contributed by atoms with Crippen molar-refractivity contribution in [3.05, 3.63) is 58.4 Å². The van der Waals surface area contributed by atoms with Gasteiger partial charge in [0.15, 0.2) is 11.5 Å². The molecule has 0 aromatic heterocycles. The highest BCUT2D eigenvalue weighted by Gasteiger charge is 2.12. The number of benzene rings is 2. The summed E-state index contributed by atoms with van der Waals surface area (Å²) < 4.78 is 24.6. The molecule has 2 aromatic carbocycles.